The van der Waals surface area contributed by atoms with Crippen molar-refractivity contribution < 1.29 is 9.53 Å². The van der Waals surface area contributed by atoms with Gasteiger partial charge >= 0.3 is 6.09 Å². The van der Waals surface area contributed by atoms with Crippen LogP contribution in [-0.2, 0) is 4.74 Å². The minimum absolute atomic E-state index is 0.123. The van der Waals surface area contributed by atoms with Crippen LogP contribution in [0, 0.1) is 0 Å². The van der Waals surface area contributed by atoms with Crippen LogP contribution in [0.25, 0.3) is 16.6 Å². The Morgan fingerprint density at radius 3 is 2.66 bits per heavy atom. The number of anilines is 3. The second-order valence-corrected chi connectivity index (χ2v) is 11.4. The Hall–Kier alpha value is -3.86. The minimum Gasteiger partial charge on any atom is -0.444 e. The summed E-state index contributed by atoms with van der Waals surface area (Å²) in [6, 6.07) is 10.7. The zero-order valence-corrected chi connectivity index (χ0v) is 22.6. The van der Waals surface area contributed by atoms with E-state index in [4.69, 9.17) is 14.8 Å². The van der Waals surface area contributed by atoms with Crippen molar-refractivity contribution in [2.75, 3.05) is 29.6 Å². The molecule has 5 heterocycles. The lowest BCUT2D eigenvalue weighted by Gasteiger charge is -2.35. The van der Waals surface area contributed by atoms with Crippen LogP contribution in [-0.4, -0.2) is 72.8 Å². The van der Waals surface area contributed by atoms with Crippen LogP contribution < -0.4 is 10.2 Å². The van der Waals surface area contributed by atoms with Gasteiger partial charge in [0.2, 0.25) is 0 Å². The molecule has 11 heteroatoms. The van der Waals surface area contributed by atoms with Crippen molar-refractivity contribution >= 4 is 46.2 Å². The topological polar surface area (TPSA) is 101 Å². The molecule has 2 aliphatic heterocycles. The first kappa shape index (κ1) is 24.5. The lowest BCUT2D eigenvalue weighted by Crippen LogP contribution is -2.50. The molecule has 38 heavy (non-hydrogen) atoms. The number of carbonyl (C=O) groups is 1. The van der Waals surface area contributed by atoms with Gasteiger partial charge in [-0.3, -0.25) is 4.98 Å². The zero-order chi connectivity index (χ0) is 26.4. The molecule has 0 aliphatic carbocycles. The molecule has 2 fully saturated rings. The van der Waals surface area contributed by atoms with Crippen molar-refractivity contribution in [3.63, 3.8) is 0 Å². The molecule has 196 valence electrons. The SMILES string of the molecule is CSc1ccc2c(Nc3cnccn3)nn(-c3ccnc(N4C[C@@H]5C[C@H]4CN5C(=O)OC(C)(C)C)c3)c2c1. The molecule has 0 radical (unpaired) electrons. The van der Waals surface area contributed by atoms with Gasteiger partial charge in [0.05, 0.1) is 29.5 Å². The van der Waals surface area contributed by atoms with Crippen LogP contribution in [0.3, 0.4) is 0 Å². The van der Waals surface area contributed by atoms with E-state index in [0.29, 0.717) is 18.2 Å². The fourth-order valence-corrected chi connectivity index (χ4v) is 5.62. The first-order valence-corrected chi connectivity index (χ1v) is 13.8. The summed E-state index contributed by atoms with van der Waals surface area (Å²) in [5.41, 5.74) is 1.40. The van der Waals surface area contributed by atoms with Gasteiger partial charge in [-0.15, -0.1) is 16.9 Å². The monoisotopic (exact) mass is 530 g/mol. The first-order valence-electron chi connectivity index (χ1n) is 12.6. The molecule has 1 amide bonds. The number of aromatic nitrogens is 5. The molecule has 2 atom stereocenters. The molecular weight excluding hydrogens is 500 g/mol. The molecule has 2 saturated heterocycles. The number of nitrogens with one attached hydrogen (secondary N) is 1. The molecule has 2 bridgehead atoms. The smallest absolute Gasteiger partial charge is 0.410 e. The van der Waals surface area contributed by atoms with E-state index in [2.05, 4.69) is 50.7 Å². The molecular formula is C27H30N8O2S. The number of likely N-dealkylation sites (tertiary alicyclic amines) is 1. The number of ether oxygens (including phenoxy) is 1. The lowest BCUT2D eigenvalue weighted by molar-refractivity contribution is 0.0214. The van der Waals surface area contributed by atoms with Gasteiger partial charge in [-0.25, -0.2) is 19.4 Å². The van der Waals surface area contributed by atoms with Gasteiger partial charge in [-0.2, -0.15) is 0 Å². The number of nitrogens with zero attached hydrogens (tertiary/aromatic N) is 7. The van der Waals surface area contributed by atoms with E-state index < -0.39 is 5.60 Å². The third kappa shape index (κ3) is 4.62. The summed E-state index contributed by atoms with van der Waals surface area (Å²) >= 11 is 1.69. The number of carbonyl (C=O) groups excluding carboxylic acids is 1. The molecule has 1 N–H and O–H groups in total. The van der Waals surface area contributed by atoms with Crippen LogP contribution in [0.4, 0.5) is 22.2 Å². The molecule has 3 aromatic heterocycles. The van der Waals surface area contributed by atoms with Crippen molar-refractivity contribution in [3.8, 4) is 5.69 Å². The highest BCUT2D eigenvalue weighted by atomic mass is 32.2. The van der Waals surface area contributed by atoms with Crippen molar-refractivity contribution in [2.24, 2.45) is 0 Å². The average Bonchev–Trinajstić information content (AvgIpc) is 3.61. The number of fused-ring (bicyclic) bond motifs is 3. The summed E-state index contributed by atoms with van der Waals surface area (Å²) in [6.07, 6.45) is 9.53. The second-order valence-electron chi connectivity index (χ2n) is 10.6. The summed E-state index contributed by atoms with van der Waals surface area (Å²) in [6.45, 7) is 7.07. The number of rotatable bonds is 5. The highest BCUT2D eigenvalue weighted by molar-refractivity contribution is 7.98. The molecule has 6 rings (SSSR count). The van der Waals surface area contributed by atoms with Crippen molar-refractivity contribution in [1.29, 1.82) is 0 Å². The summed E-state index contributed by atoms with van der Waals surface area (Å²) < 4.78 is 7.57. The van der Waals surface area contributed by atoms with E-state index in [1.54, 1.807) is 30.4 Å². The Kier molecular flexibility index (Phi) is 6.10. The van der Waals surface area contributed by atoms with Gasteiger partial charge in [-0.05, 0) is 57.7 Å². The van der Waals surface area contributed by atoms with Gasteiger partial charge in [0.25, 0.3) is 0 Å². The molecule has 0 unspecified atom stereocenters. The second kappa shape index (κ2) is 9.46. The van der Waals surface area contributed by atoms with Gasteiger partial charge in [0.15, 0.2) is 5.82 Å². The van der Waals surface area contributed by atoms with E-state index in [1.807, 2.05) is 42.6 Å². The van der Waals surface area contributed by atoms with Crippen LogP contribution in [0.1, 0.15) is 27.2 Å². The summed E-state index contributed by atoms with van der Waals surface area (Å²) in [4.78, 5) is 31.2. The van der Waals surface area contributed by atoms with E-state index in [1.165, 1.54) is 0 Å². The average molecular weight is 531 g/mol. The van der Waals surface area contributed by atoms with Crippen LogP contribution in [0.2, 0.25) is 0 Å². The van der Waals surface area contributed by atoms with Crippen LogP contribution in [0.15, 0.2) is 60.0 Å². The van der Waals surface area contributed by atoms with Gasteiger partial charge in [-0.1, -0.05) is 0 Å². The molecule has 0 spiro atoms. The lowest BCUT2D eigenvalue weighted by atomic mass is 10.2. The highest BCUT2D eigenvalue weighted by Crippen LogP contribution is 2.36. The maximum absolute atomic E-state index is 12.7. The number of hydrogen-bond donors (Lipinski definition) is 1. The maximum Gasteiger partial charge on any atom is 0.410 e. The third-order valence-corrected chi connectivity index (χ3v) is 7.56. The zero-order valence-electron chi connectivity index (χ0n) is 21.8. The minimum atomic E-state index is -0.502. The molecule has 2 aliphatic rings. The Morgan fingerprint density at radius 1 is 1.08 bits per heavy atom. The van der Waals surface area contributed by atoms with Gasteiger partial charge in [0, 0.05) is 48.0 Å². The Balaban J connectivity index is 1.30. The normalized spacial score (nSPS) is 18.8. The number of hydrogen-bond acceptors (Lipinski definition) is 9. The Bertz CT molecular complexity index is 1490. The van der Waals surface area contributed by atoms with E-state index in [0.717, 1.165) is 40.3 Å². The first-order chi connectivity index (χ1) is 18.3. The molecule has 1 aromatic carbocycles. The van der Waals surface area contributed by atoms with E-state index in [9.17, 15) is 4.79 Å². The predicted molar refractivity (Wildman–Crippen MR) is 148 cm³/mol. The van der Waals surface area contributed by atoms with Gasteiger partial charge in [0.1, 0.15) is 17.2 Å². The van der Waals surface area contributed by atoms with E-state index in [-0.39, 0.29) is 18.2 Å². The van der Waals surface area contributed by atoms with Gasteiger partial charge < -0.3 is 19.9 Å². The number of amides is 1. The fraction of sp³-hybridized carbons (Fsp3) is 0.370. The summed E-state index contributed by atoms with van der Waals surface area (Å²) in [7, 11) is 0. The van der Waals surface area contributed by atoms with Crippen LogP contribution >= 0.6 is 11.8 Å². The third-order valence-electron chi connectivity index (χ3n) is 6.83. The summed E-state index contributed by atoms with van der Waals surface area (Å²) in [5, 5.41) is 9.22. The molecule has 4 aromatic rings. The van der Waals surface area contributed by atoms with Crippen molar-refractivity contribution in [1.82, 2.24) is 29.6 Å². The summed E-state index contributed by atoms with van der Waals surface area (Å²) in [5.74, 6) is 2.22. The predicted octanol–water partition coefficient (Wildman–Crippen LogP) is 4.87. The number of benzene rings is 1. The maximum atomic E-state index is 12.7. The number of pyridine rings is 1. The molecule has 10 nitrogen and oxygen atoms in total. The van der Waals surface area contributed by atoms with Crippen molar-refractivity contribution in [2.45, 2.75) is 49.8 Å². The Labute approximate surface area is 225 Å². The standard InChI is InChI=1S/C27H30N8O2S/c1-27(2,3)37-26(36)34-16-18-11-19(34)15-33(18)24-12-17(7-8-30-24)35-22-13-20(38-4)5-6-21(22)25(32-35)31-23-14-28-9-10-29-23/h5-10,12-14,18-19H,11,15-16H2,1-4H3,(H,29,31,32)/t18-,19-/m0/s1. The number of piperazine rings is 1. The van der Waals surface area contributed by atoms with Crippen LogP contribution in [0.5, 0.6) is 0 Å². The Morgan fingerprint density at radius 2 is 1.95 bits per heavy atom. The highest BCUT2D eigenvalue weighted by Gasteiger charge is 2.47. The number of thioether (sulfide) groups is 1. The van der Waals surface area contributed by atoms with Crippen molar-refractivity contribution in [3.05, 3.63) is 55.1 Å². The quantitative estimate of drug-likeness (QED) is 0.362. The van der Waals surface area contributed by atoms with E-state index >= 15 is 0 Å². The largest absolute Gasteiger partial charge is 0.444 e. The fourth-order valence-electron chi connectivity index (χ4n) is 5.18. The molecule has 0 saturated carbocycles.